The van der Waals surface area contributed by atoms with Crippen molar-refractivity contribution in [2.75, 3.05) is 14.2 Å². The van der Waals surface area contributed by atoms with Crippen LogP contribution in [0.1, 0.15) is 109 Å². The molecule has 4 amide bonds. The number of nitrogens with two attached hydrogens (primary N) is 4. The van der Waals surface area contributed by atoms with Crippen LogP contribution in [0.4, 0.5) is 0 Å². The van der Waals surface area contributed by atoms with Crippen molar-refractivity contribution in [2.45, 2.75) is 20.5 Å². The average Bonchev–Trinajstić information content (AvgIpc) is 3.40. The van der Waals surface area contributed by atoms with E-state index in [9.17, 15) is 38.7 Å². The van der Waals surface area contributed by atoms with Crippen LogP contribution >= 0.6 is 0 Å². The van der Waals surface area contributed by atoms with Crippen molar-refractivity contribution in [1.82, 2.24) is 0 Å². The Morgan fingerprint density at radius 1 is 0.528 bits per heavy atom. The first-order valence-electron chi connectivity index (χ1n) is 21.0. The molecular formula is C55H55N5O12. The van der Waals surface area contributed by atoms with E-state index in [0.29, 0.717) is 70.5 Å². The van der Waals surface area contributed by atoms with Crippen LogP contribution in [0.15, 0.2) is 147 Å². The van der Waals surface area contributed by atoms with E-state index in [2.05, 4.69) is 13.2 Å². The van der Waals surface area contributed by atoms with Crippen LogP contribution in [-0.2, 0) is 6.61 Å². The van der Waals surface area contributed by atoms with Gasteiger partial charge in [-0.05, 0) is 109 Å². The maximum absolute atomic E-state index is 11.5. The van der Waals surface area contributed by atoms with Crippen molar-refractivity contribution < 1.29 is 58.0 Å². The molecule has 0 radical (unpaired) electrons. The Morgan fingerprint density at radius 2 is 0.889 bits per heavy atom. The van der Waals surface area contributed by atoms with Crippen molar-refractivity contribution in [1.29, 1.82) is 5.26 Å². The standard InChI is InChI=1S/C17H17NO2.C10H11NO2.C9H9NO3.C9H7NO2.C8H7NO3.C2H4/c1-2-6-13-9-10-16(15(11-13)17(18)19)20-12-14-7-4-3-5-8-14;1-2-3-7-4-5-9(12)8(6-7)10(11)13;1-13-8-3-2-6(5-11)4-7(8)9(10)12;1-12-9-3-2-7(6-11)4-8(9)5-10;9-8(12)6-3-5(4-10)1-2-7(6)11;1-2/h2-11H,12H2,1H3,(H2,18,19);2-6,12H,1H3,(H2,11,13);2-5H,1H3,(H2,10,12);2-4,6H,1H3;1-4,11H,(H2,9,12);1-2H2/b6-2+;3-2+;;;;. The van der Waals surface area contributed by atoms with Gasteiger partial charge in [-0.25, -0.2) is 0 Å². The van der Waals surface area contributed by atoms with Gasteiger partial charge in [0.15, 0.2) is 0 Å². The summed E-state index contributed by atoms with van der Waals surface area (Å²) in [5.41, 5.74) is 25.6. The number of benzene rings is 6. The Hall–Kier alpha value is -10.1. The summed E-state index contributed by atoms with van der Waals surface area (Å²) < 4.78 is 15.5. The molecule has 0 fully saturated rings. The van der Waals surface area contributed by atoms with Crippen LogP contribution in [0.3, 0.4) is 0 Å². The Bertz CT molecular complexity index is 2910. The molecule has 0 atom stereocenters. The maximum atomic E-state index is 11.5. The van der Waals surface area contributed by atoms with E-state index in [0.717, 1.165) is 16.7 Å². The van der Waals surface area contributed by atoms with E-state index < -0.39 is 23.6 Å². The summed E-state index contributed by atoms with van der Waals surface area (Å²) in [5.74, 6) is -1.40. The summed E-state index contributed by atoms with van der Waals surface area (Å²) >= 11 is 0. The van der Waals surface area contributed by atoms with Gasteiger partial charge in [-0.1, -0.05) is 66.8 Å². The first-order chi connectivity index (χ1) is 34.5. The van der Waals surface area contributed by atoms with Gasteiger partial charge in [0.05, 0.1) is 42.0 Å². The highest BCUT2D eigenvalue weighted by Crippen LogP contribution is 2.23. The first-order valence-corrected chi connectivity index (χ1v) is 21.0. The fourth-order valence-electron chi connectivity index (χ4n) is 5.65. The van der Waals surface area contributed by atoms with Crippen LogP contribution in [0.5, 0.6) is 28.7 Å². The van der Waals surface area contributed by atoms with Crippen molar-refractivity contribution >= 4 is 54.6 Å². The molecule has 0 aliphatic carbocycles. The lowest BCUT2D eigenvalue weighted by Gasteiger charge is -2.10. The summed E-state index contributed by atoms with van der Waals surface area (Å²) in [5, 5.41) is 27.0. The van der Waals surface area contributed by atoms with E-state index in [-0.39, 0.29) is 28.2 Å². The number of amides is 4. The van der Waals surface area contributed by atoms with Crippen LogP contribution in [0.25, 0.3) is 12.2 Å². The van der Waals surface area contributed by atoms with Crippen molar-refractivity contribution in [2.24, 2.45) is 22.9 Å². The SMILES string of the molecule is C/C=C/c1ccc(O)c(C(N)=O)c1.C/C=C/c1ccc(OCc2ccccc2)c(C(N)=O)c1.C=C.COc1ccc(C=O)cc1C#N.COc1ccc(C=O)cc1C(N)=O.NC(=O)c1cc(C=O)ccc1O. The van der Waals surface area contributed by atoms with Gasteiger partial charge in [-0.3, -0.25) is 33.6 Å². The molecular weight excluding hydrogens is 923 g/mol. The molecule has 0 heterocycles. The molecule has 0 spiro atoms. The van der Waals surface area contributed by atoms with E-state index in [4.69, 9.17) is 47.5 Å². The lowest BCUT2D eigenvalue weighted by atomic mass is 10.1. The summed E-state index contributed by atoms with van der Waals surface area (Å²) in [4.78, 5) is 74.8. The zero-order chi connectivity index (χ0) is 54.2. The zero-order valence-corrected chi connectivity index (χ0v) is 39.9. The molecule has 6 aromatic rings. The van der Waals surface area contributed by atoms with E-state index in [1.165, 1.54) is 56.7 Å². The smallest absolute Gasteiger partial charge is 0.252 e. The van der Waals surface area contributed by atoms with Crippen molar-refractivity contribution in [3.8, 4) is 34.8 Å². The topological polar surface area (TPSA) is 316 Å². The Balaban J connectivity index is 0.000000453. The number of carbonyl (C=O) groups is 7. The molecule has 372 valence electrons. The second kappa shape index (κ2) is 32.6. The summed E-state index contributed by atoms with van der Waals surface area (Å²) in [6.07, 6.45) is 9.40. The number of hydrogen-bond donors (Lipinski definition) is 6. The molecule has 0 aliphatic rings. The third-order valence-corrected chi connectivity index (χ3v) is 9.04. The predicted octanol–water partition coefficient (Wildman–Crippen LogP) is 8.01. The number of nitriles is 1. The molecule has 0 unspecified atom stereocenters. The number of aromatic hydroxyl groups is 2. The van der Waals surface area contributed by atoms with Crippen LogP contribution < -0.4 is 37.1 Å². The molecule has 10 N–H and O–H groups in total. The minimum absolute atomic E-state index is 0.0420. The van der Waals surface area contributed by atoms with Gasteiger partial charge in [-0.15, -0.1) is 13.2 Å². The zero-order valence-electron chi connectivity index (χ0n) is 39.9. The lowest BCUT2D eigenvalue weighted by molar-refractivity contribution is 0.0987. The van der Waals surface area contributed by atoms with Crippen molar-refractivity contribution in [3.05, 3.63) is 208 Å². The Kier molecular flexibility index (Phi) is 27.1. The Morgan fingerprint density at radius 3 is 1.32 bits per heavy atom. The molecule has 0 bridgehead atoms. The van der Waals surface area contributed by atoms with Gasteiger partial charge in [-0.2, -0.15) is 5.26 Å². The fourth-order valence-corrected chi connectivity index (χ4v) is 5.65. The molecule has 17 heteroatoms. The number of allylic oxidation sites excluding steroid dienone is 2. The largest absolute Gasteiger partial charge is 0.507 e. The van der Waals surface area contributed by atoms with E-state index >= 15 is 0 Å². The highest BCUT2D eigenvalue weighted by Gasteiger charge is 2.12. The molecule has 0 saturated heterocycles. The molecule has 0 aliphatic heterocycles. The highest BCUT2D eigenvalue weighted by atomic mass is 16.5. The second-order valence-corrected chi connectivity index (χ2v) is 13.9. The van der Waals surface area contributed by atoms with Crippen LogP contribution in [0.2, 0.25) is 0 Å². The number of primary amides is 4. The van der Waals surface area contributed by atoms with Gasteiger partial charge in [0.1, 0.15) is 60.3 Å². The molecule has 0 aromatic heterocycles. The number of ether oxygens (including phenoxy) is 3. The minimum Gasteiger partial charge on any atom is -0.507 e. The number of methoxy groups -OCH3 is 2. The van der Waals surface area contributed by atoms with Gasteiger partial charge in [0.2, 0.25) is 0 Å². The number of phenols is 2. The van der Waals surface area contributed by atoms with Gasteiger partial charge >= 0.3 is 0 Å². The highest BCUT2D eigenvalue weighted by molar-refractivity contribution is 5.98. The number of carbonyl (C=O) groups excluding carboxylic acids is 7. The van der Waals surface area contributed by atoms with Gasteiger partial charge < -0.3 is 47.4 Å². The maximum Gasteiger partial charge on any atom is 0.252 e. The fraction of sp³-hybridized carbons (Fsp3) is 0.0909. The second-order valence-electron chi connectivity index (χ2n) is 13.9. The minimum atomic E-state index is -0.754. The first kappa shape index (κ1) is 59.9. The molecule has 0 saturated carbocycles. The van der Waals surface area contributed by atoms with Crippen molar-refractivity contribution in [3.63, 3.8) is 0 Å². The quantitative estimate of drug-likeness (QED) is 0.0445. The van der Waals surface area contributed by atoms with E-state index in [1.807, 2.05) is 80.6 Å². The summed E-state index contributed by atoms with van der Waals surface area (Å²) in [7, 11) is 2.92. The van der Waals surface area contributed by atoms with Crippen LogP contribution in [0, 0.1) is 11.3 Å². The Labute approximate surface area is 416 Å². The van der Waals surface area contributed by atoms with Gasteiger partial charge in [0, 0.05) is 16.7 Å². The number of nitrogens with zero attached hydrogens (tertiary/aromatic N) is 1. The molecule has 6 rings (SSSR count). The number of aldehydes is 3. The monoisotopic (exact) mass is 977 g/mol. The van der Waals surface area contributed by atoms with Crippen LogP contribution in [-0.4, -0.2) is 66.9 Å². The summed E-state index contributed by atoms with van der Waals surface area (Å²) in [6.45, 7) is 10.2. The molecule has 6 aromatic carbocycles. The lowest BCUT2D eigenvalue weighted by Crippen LogP contribution is -2.13. The number of hydrogen-bond acceptors (Lipinski definition) is 13. The van der Waals surface area contributed by atoms with Gasteiger partial charge in [0.25, 0.3) is 23.6 Å². The predicted molar refractivity (Wildman–Crippen MR) is 275 cm³/mol. The summed E-state index contributed by atoms with van der Waals surface area (Å²) in [6, 6.07) is 34.9. The van der Waals surface area contributed by atoms with E-state index in [1.54, 1.807) is 42.5 Å². The average molecular weight is 978 g/mol. The normalized spacial score (nSPS) is 9.60. The third kappa shape index (κ3) is 20.0. The number of rotatable bonds is 14. The molecule has 17 nitrogen and oxygen atoms in total. The molecule has 72 heavy (non-hydrogen) atoms. The third-order valence-electron chi connectivity index (χ3n) is 9.04.